The number of carbonyl (C=O) groups is 2. The van der Waals surface area contributed by atoms with Crippen molar-refractivity contribution in [1.82, 2.24) is 9.78 Å². The number of amides is 1. The van der Waals surface area contributed by atoms with E-state index in [2.05, 4.69) is 10.4 Å². The number of aryl methyl sites for hydroxylation is 1. The lowest BCUT2D eigenvalue weighted by molar-refractivity contribution is 0.0636. The van der Waals surface area contributed by atoms with Gasteiger partial charge >= 0.3 is 6.09 Å². The molecule has 0 aliphatic rings. The second-order valence-corrected chi connectivity index (χ2v) is 6.08. The fraction of sp³-hybridized carbons (Fsp3) is 0.438. The van der Waals surface area contributed by atoms with Gasteiger partial charge in [0.2, 0.25) is 0 Å². The Morgan fingerprint density at radius 1 is 1.32 bits per heavy atom. The van der Waals surface area contributed by atoms with E-state index in [0.717, 1.165) is 10.9 Å². The van der Waals surface area contributed by atoms with Gasteiger partial charge in [-0.2, -0.15) is 5.10 Å². The summed E-state index contributed by atoms with van der Waals surface area (Å²) < 4.78 is 6.99. The summed E-state index contributed by atoms with van der Waals surface area (Å²) in [5, 5.41) is 7.71. The molecule has 1 amide bonds. The molecule has 0 saturated heterocycles. The van der Waals surface area contributed by atoms with Gasteiger partial charge in [0.05, 0.1) is 5.52 Å². The monoisotopic (exact) mass is 303 g/mol. The Morgan fingerprint density at radius 2 is 2.00 bits per heavy atom. The molecule has 1 N–H and O–H groups in total. The van der Waals surface area contributed by atoms with Crippen molar-refractivity contribution >= 4 is 28.5 Å². The van der Waals surface area contributed by atoms with E-state index in [1.165, 1.54) is 6.92 Å². The third-order valence-corrected chi connectivity index (χ3v) is 3.03. The molecule has 0 spiro atoms. The smallest absolute Gasteiger partial charge is 0.412 e. The van der Waals surface area contributed by atoms with Crippen molar-refractivity contribution in [2.75, 3.05) is 5.32 Å². The molecule has 6 nitrogen and oxygen atoms in total. The topological polar surface area (TPSA) is 73.2 Å². The molecule has 1 aromatic heterocycles. The van der Waals surface area contributed by atoms with Crippen LogP contribution in [0.4, 0.5) is 10.5 Å². The largest absolute Gasteiger partial charge is 0.444 e. The summed E-state index contributed by atoms with van der Waals surface area (Å²) in [4.78, 5) is 23.5. The Kier molecular flexibility index (Phi) is 4.21. The van der Waals surface area contributed by atoms with Gasteiger partial charge in [0.25, 0.3) is 0 Å². The average molecular weight is 303 g/mol. The van der Waals surface area contributed by atoms with Crippen molar-refractivity contribution in [3.05, 3.63) is 23.9 Å². The Morgan fingerprint density at radius 3 is 2.55 bits per heavy atom. The van der Waals surface area contributed by atoms with Crippen LogP contribution in [-0.4, -0.2) is 27.3 Å². The van der Waals surface area contributed by atoms with Crippen molar-refractivity contribution in [1.29, 1.82) is 0 Å². The number of nitrogens with one attached hydrogen (secondary N) is 1. The Hall–Kier alpha value is -2.37. The van der Waals surface area contributed by atoms with Crippen LogP contribution in [-0.2, 0) is 11.3 Å². The van der Waals surface area contributed by atoms with Crippen LogP contribution in [0.5, 0.6) is 0 Å². The van der Waals surface area contributed by atoms with Crippen LogP contribution < -0.4 is 5.32 Å². The van der Waals surface area contributed by atoms with E-state index in [9.17, 15) is 9.59 Å². The second kappa shape index (κ2) is 5.79. The zero-order valence-electron chi connectivity index (χ0n) is 13.6. The van der Waals surface area contributed by atoms with Gasteiger partial charge in [-0.1, -0.05) is 0 Å². The predicted octanol–water partition coefficient (Wildman–Crippen LogP) is 3.61. The number of rotatable bonds is 3. The van der Waals surface area contributed by atoms with Crippen molar-refractivity contribution in [3.63, 3.8) is 0 Å². The van der Waals surface area contributed by atoms with E-state index in [1.807, 2.05) is 13.0 Å². The summed E-state index contributed by atoms with van der Waals surface area (Å²) in [7, 11) is 0. The predicted molar refractivity (Wildman–Crippen MR) is 85.3 cm³/mol. The van der Waals surface area contributed by atoms with Crippen LogP contribution in [0.2, 0.25) is 0 Å². The highest BCUT2D eigenvalue weighted by molar-refractivity contribution is 6.06. The Balaban J connectivity index is 2.35. The van der Waals surface area contributed by atoms with Gasteiger partial charge in [0.1, 0.15) is 11.3 Å². The minimum atomic E-state index is -0.564. The molecule has 2 aromatic rings. The quantitative estimate of drug-likeness (QED) is 0.879. The zero-order valence-corrected chi connectivity index (χ0v) is 13.6. The molecule has 0 fully saturated rings. The van der Waals surface area contributed by atoms with E-state index in [1.54, 1.807) is 37.6 Å². The third kappa shape index (κ3) is 3.44. The second-order valence-electron chi connectivity index (χ2n) is 6.08. The summed E-state index contributed by atoms with van der Waals surface area (Å²) >= 11 is 0. The molecule has 1 heterocycles. The first-order valence-corrected chi connectivity index (χ1v) is 7.23. The van der Waals surface area contributed by atoms with Crippen LogP contribution in [0.15, 0.2) is 18.2 Å². The van der Waals surface area contributed by atoms with Gasteiger partial charge in [-0.15, -0.1) is 0 Å². The highest BCUT2D eigenvalue weighted by Crippen LogP contribution is 2.24. The van der Waals surface area contributed by atoms with Crippen molar-refractivity contribution in [3.8, 4) is 0 Å². The molecule has 6 heteroatoms. The van der Waals surface area contributed by atoms with Gasteiger partial charge in [0, 0.05) is 24.5 Å². The molecule has 0 radical (unpaired) electrons. The molecule has 0 atom stereocenters. The van der Waals surface area contributed by atoms with Crippen LogP contribution in [0.25, 0.3) is 10.9 Å². The number of hydrogen-bond acceptors (Lipinski definition) is 4. The summed E-state index contributed by atoms with van der Waals surface area (Å²) in [6, 6.07) is 5.35. The highest BCUT2D eigenvalue weighted by Gasteiger charge is 2.18. The van der Waals surface area contributed by atoms with E-state index >= 15 is 0 Å². The SMILES string of the molecule is CCn1nc(C(C)=O)c2cc(NC(=O)OC(C)(C)C)ccc21. The molecule has 2 rings (SSSR count). The van der Waals surface area contributed by atoms with Crippen LogP contribution in [0.1, 0.15) is 45.1 Å². The van der Waals surface area contributed by atoms with Gasteiger partial charge < -0.3 is 4.74 Å². The standard InChI is InChI=1S/C16H21N3O3/c1-6-19-13-8-7-11(17-15(21)22-16(3,4)5)9-12(13)14(18-19)10(2)20/h7-9H,6H2,1-5H3,(H,17,21). The van der Waals surface area contributed by atoms with E-state index < -0.39 is 11.7 Å². The van der Waals surface area contributed by atoms with Crippen LogP contribution >= 0.6 is 0 Å². The molecule has 0 aliphatic heterocycles. The maximum absolute atomic E-state index is 11.8. The highest BCUT2D eigenvalue weighted by atomic mass is 16.6. The number of ether oxygens (including phenoxy) is 1. The molecule has 118 valence electrons. The molecular weight excluding hydrogens is 282 g/mol. The van der Waals surface area contributed by atoms with Gasteiger partial charge in [0.15, 0.2) is 5.78 Å². The normalized spacial score (nSPS) is 11.5. The first-order valence-electron chi connectivity index (χ1n) is 7.23. The fourth-order valence-electron chi connectivity index (χ4n) is 2.18. The lowest BCUT2D eigenvalue weighted by atomic mass is 10.1. The zero-order chi connectivity index (χ0) is 16.5. The summed E-state index contributed by atoms with van der Waals surface area (Å²) in [6.45, 7) is 9.51. The number of nitrogens with zero attached hydrogens (tertiary/aromatic N) is 2. The average Bonchev–Trinajstić information content (AvgIpc) is 2.74. The molecule has 22 heavy (non-hydrogen) atoms. The lowest BCUT2D eigenvalue weighted by Crippen LogP contribution is -2.27. The first-order chi connectivity index (χ1) is 10.2. The van der Waals surface area contributed by atoms with Crippen LogP contribution in [0.3, 0.4) is 0 Å². The Labute approximate surface area is 129 Å². The Bertz CT molecular complexity index is 726. The molecule has 0 aliphatic carbocycles. The minimum absolute atomic E-state index is 0.105. The number of ketones is 1. The summed E-state index contributed by atoms with van der Waals surface area (Å²) in [5.41, 5.74) is 1.28. The number of anilines is 1. The molecule has 0 saturated carbocycles. The maximum atomic E-state index is 11.8. The molecule has 0 unspecified atom stereocenters. The van der Waals surface area contributed by atoms with E-state index in [0.29, 0.717) is 17.9 Å². The van der Waals surface area contributed by atoms with E-state index in [-0.39, 0.29) is 5.78 Å². The number of benzene rings is 1. The first kappa shape index (κ1) is 16.0. The van der Waals surface area contributed by atoms with Gasteiger partial charge in [-0.25, -0.2) is 4.79 Å². The number of hydrogen-bond donors (Lipinski definition) is 1. The summed E-state index contributed by atoms with van der Waals surface area (Å²) in [6.07, 6.45) is -0.529. The molecular formula is C16H21N3O3. The minimum Gasteiger partial charge on any atom is -0.444 e. The summed E-state index contributed by atoms with van der Waals surface area (Å²) in [5.74, 6) is -0.105. The van der Waals surface area contributed by atoms with Crippen molar-refractivity contribution in [2.24, 2.45) is 0 Å². The fourth-order valence-corrected chi connectivity index (χ4v) is 2.18. The van der Waals surface area contributed by atoms with Crippen molar-refractivity contribution < 1.29 is 14.3 Å². The molecule has 0 bridgehead atoms. The number of fused-ring (bicyclic) bond motifs is 1. The third-order valence-electron chi connectivity index (χ3n) is 3.03. The molecule has 1 aromatic carbocycles. The number of aromatic nitrogens is 2. The van der Waals surface area contributed by atoms with Gasteiger partial charge in [-0.3, -0.25) is 14.8 Å². The maximum Gasteiger partial charge on any atom is 0.412 e. The number of Topliss-reactive ketones (excluding diaryl/α,β-unsaturated/α-hetero) is 1. The number of carbonyl (C=O) groups excluding carboxylic acids is 2. The van der Waals surface area contributed by atoms with Gasteiger partial charge in [-0.05, 0) is 45.9 Å². The lowest BCUT2D eigenvalue weighted by Gasteiger charge is -2.19. The van der Waals surface area contributed by atoms with E-state index in [4.69, 9.17) is 4.74 Å². The van der Waals surface area contributed by atoms with Crippen molar-refractivity contribution in [2.45, 2.75) is 46.8 Å². The van der Waals surface area contributed by atoms with Crippen LogP contribution in [0, 0.1) is 0 Å².